The van der Waals surface area contributed by atoms with E-state index in [0.717, 1.165) is 5.57 Å². The molecule has 0 bridgehead atoms. The average Bonchev–Trinajstić information content (AvgIpc) is 1.80. The lowest BCUT2D eigenvalue weighted by molar-refractivity contribution is -0.131. The van der Waals surface area contributed by atoms with Gasteiger partial charge in [0.15, 0.2) is 0 Å². The van der Waals surface area contributed by atoms with Gasteiger partial charge >= 0.3 is 0 Å². The molecule has 0 aliphatic carbocycles. The van der Waals surface area contributed by atoms with Crippen molar-refractivity contribution in [1.82, 2.24) is 5.32 Å². The lowest BCUT2D eigenvalue weighted by Gasteiger charge is -2.34. The summed E-state index contributed by atoms with van der Waals surface area (Å²) in [4.78, 5) is 10.8. The van der Waals surface area contributed by atoms with Crippen LogP contribution < -0.4 is 5.32 Å². The molecular weight excluding hydrogens is 126 g/mol. The third-order valence-electron chi connectivity index (χ3n) is 1.74. The van der Waals surface area contributed by atoms with E-state index in [4.69, 9.17) is 0 Å². The summed E-state index contributed by atoms with van der Waals surface area (Å²) in [5.74, 6) is 0.0369. The Morgan fingerprint density at radius 1 is 1.80 bits per heavy atom. The molecule has 1 N–H and O–H groups in total. The Hall–Kier alpha value is -1.05. The highest BCUT2D eigenvalue weighted by Crippen LogP contribution is 2.22. The van der Waals surface area contributed by atoms with Crippen molar-refractivity contribution >= 4 is 5.91 Å². The van der Waals surface area contributed by atoms with Crippen LogP contribution in [0, 0.1) is 5.92 Å². The number of amides is 1. The Kier molecular flexibility index (Phi) is 1.62. The highest BCUT2D eigenvalue weighted by molar-refractivity contribution is 5.89. The van der Waals surface area contributed by atoms with Crippen LogP contribution in [-0.2, 0) is 4.79 Å². The zero-order valence-corrected chi connectivity index (χ0v) is 6.05. The van der Waals surface area contributed by atoms with Crippen LogP contribution in [-0.4, -0.2) is 11.9 Å². The number of carbonyl (C=O) groups is 1. The molecule has 2 atom stereocenters. The quantitative estimate of drug-likeness (QED) is 0.444. The van der Waals surface area contributed by atoms with E-state index in [1.165, 1.54) is 0 Å². The molecule has 1 rings (SSSR count). The van der Waals surface area contributed by atoms with Crippen LogP contribution in [0.4, 0.5) is 0 Å². The molecule has 2 heteroatoms. The SMILES string of the molecule is C=C[C@@H]1NC(=O)[C@@H]1C(=C)C. The van der Waals surface area contributed by atoms with E-state index < -0.39 is 0 Å². The normalized spacial score (nSPS) is 30.3. The van der Waals surface area contributed by atoms with E-state index in [0.29, 0.717) is 0 Å². The molecule has 0 radical (unpaired) electrons. The molecule has 1 aliphatic rings. The fourth-order valence-corrected chi connectivity index (χ4v) is 1.13. The second-order valence-corrected chi connectivity index (χ2v) is 2.59. The van der Waals surface area contributed by atoms with Gasteiger partial charge in [0, 0.05) is 0 Å². The van der Waals surface area contributed by atoms with Crippen molar-refractivity contribution < 1.29 is 4.79 Å². The van der Waals surface area contributed by atoms with Crippen LogP contribution >= 0.6 is 0 Å². The van der Waals surface area contributed by atoms with Crippen LogP contribution in [0.15, 0.2) is 24.8 Å². The molecule has 0 aromatic heterocycles. The fourth-order valence-electron chi connectivity index (χ4n) is 1.13. The molecule has 1 heterocycles. The molecule has 0 aromatic carbocycles. The smallest absolute Gasteiger partial charge is 0.230 e. The largest absolute Gasteiger partial charge is 0.348 e. The third-order valence-corrected chi connectivity index (χ3v) is 1.74. The van der Waals surface area contributed by atoms with Crippen molar-refractivity contribution in [3.8, 4) is 0 Å². The van der Waals surface area contributed by atoms with Gasteiger partial charge in [-0.3, -0.25) is 4.79 Å². The lowest BCUT2D eigenvalue weighted by atomic mass is 9.85. The summed E-state index contributed by atoms with van der Waals surface area (Å²) in [5, 5.41) is 2.71. The average molecular weight is 137 g/mol. The molecule has 10 heavy (non-hydrogen) atoms. The lowest BCUT2D eigenvalue weighted by Crippen LogP contribution is -2.57. The first-order valence-electron chi connectivity index (χ1n) is 3.25. The highest BCUT2D eigenvalue weighted by Gasteiger charge is 2.37. The second-order valence-electron chi connectivity index (χ2n) is 2.59. The maximum atomic E-state index is 10.8. The minimum absolute atomic E-state index is 0.0301. The number of carbonyl (C=O) groups excluding carboxylic acids is 1. The van der Waals surface area contributed by atoms with Gasteiger partial charge in [-0.25, -0.2) is 0 Å². The summed E-state index contributed by atoms with van der Waals surface area (Å²) in [6.07, 6.45) is 1.74. The van der Waals surface area contributed by atoms with Gasteiger partial charge in [0.05, 0.1) is 12.0 Å². The number of hydrogen-bond acceptors (Lipinski definition) is 1. The fraction of sp³-hybridized carbons (Fsp3) is 0.375. The highest BCUT2D eigenvalue weighted by atomic mass is 16.2. The second kappa shape index (κ2) is 2.29. The predicted octanol–water partition coefficient (Wildman–Crippen LogP) is 0.863. The Balaban J connectivity index is 2.64. The molecule has 0 saturated carbocycles. The van der Waals surface area contributed by atoms with Gasteiger partial charge in [0.25, 0.3) is 0 Å². The Morgan fingerprint density at radius 2 is 2.40 bits per heavy atom. The topological polar surface area (TPSA) is 29.1 Å². The van der Waals surface area contributed by atoms with Crippen molar-refractivity contribution in [2.75, 3.05) is 0 Å². The molecule has 1 saturated heterocycles. The van der Waals surface area contributed by atoms with Crippen molar-refractivity contribution in [1.29, 1.82) is 0 Å². The minimum atomic E-state index is -0.0301. The van der Waals surface area contributed by atoms with E-state index >= 15 is 0 Å². The summed E-state index contributed by atoms with van der Waals surface area (Å²) in [6, 6.07) is 0.116. The van der Waals surface area contributed by atoms with E-state index in [9.17, 15) is 4.79 Å². The van der Waals surface area contributed by atoms with Crippen molar-refractivity contribution in [2.45, 2.75) is 13.0 Å². The summed E-state index contributed by atoms with van der Waals surface area (Å²) < 4.78 is 0. The predicted molar refractivity (Wildman–Crippen MR) is 40.4 cm³/mol. The zero-order valence-electron chi connectivity index (χ0n) is 6.05. The molecular formula is C8H11NO. The first-order valence-corrected chi connectivity index (χ1v) is 3.25. The van der Waals surface area contributed by atoms with Crippen LogP contribution in [0.5, 0.6) is 0 Å². The molecule has 1 fully saturated rings. The van der Waals surface area contributed by atoms with Gasteiger partial charge in [0.2, 0.25) is 5.91 Å². The molecule has 0 spiro atoms. The maximum absolute atomic E-state index is 10.8. The van der Waals surface area contributed by atoms with Gasteiger partial charge < -0.3 is 5.32 Å². The first-order chi connectivity index (χ1) is 4.66. The minimum Gasteiger partial charge on any atom is -0.348 e. The Bertz CT molecular complexity index is 187. The summed E-state index contributed by atoms with van der Waals surface area (Å²) in [5.41, 5.74) is 0.911. The maximum Gasteiger partial charge on any atom is 0.230 e. The molecule has 0 unspecified atom stereocenters. The third kappa shape index (κ3) is 0.856. The van der Waals surface area contributed by atoms with E-state index in [2.05, 4.69) is 18.5 Å². The van der Waals surface area contributed by atoms with Crippen molar-refractivity contribution in [3.05, 3.63) is 24.8 Å². The number of β-lactam (4-membered cyclic amide) rings is 1. The summed E-state index contributed by atoms with van der Waals surface area (Å²) >= 11 is 0. The van der Waals surface area contributed by atoms with Crippen LogP contribution in [0.25, 0.3) is 0 Å². The van der Waals surface area contributed by atoms with Crippen LogP contribution in [0.2, 0.25) is 0 Å². The van der Waals surface area contributed by atoms with Crippen LogP contribution in [0.1, 0.15) is 6.92 Å². The number of rotatable bonds is 2. The molecule has 0 aromatic rings. The van der Waals surface area contributed by atoms with Gasteiger partial charge in [-0.1, -0.05) is 18.2 Å². The summed E-state index contributed by atoms with van der Waals surface area (Å²) in [7, 11) is 0. The Labute approximate surface area is 60.6 Å². The molecule has 2 nitrogen and oxygen atoms in total. The molecule has 1 amide bonds. The van der Waals surface area contributed by atoms with E-state index in [1.54, 1.807) is 6.08 Å². The van der Waals surface area contributed by atoms with Gasteiger partial charge in [-0.15, -0.1) is 6.58 Å². The van der Waals surface area contributed by atoms with Gasteiger partial charge in [-0.2, -0.15) is 0 Å². The molecule has 1 aliphatic heterocycles. The van der Waals surface area contributed by atoms with E-state index in [1.807, 2.05) is 6.92 Å². The number of hydrogen-bond donors (Lipinski definition) is 1. The summed E-state index contributed by atoms with van der Waals surface area (Å²) in [6.45, 7) is 9.17. The van der Waals surface area contributed by atoms with Crippen LogP contribution in [0.3, 0.4) is 0 Å². The first kappa shape index (κ1) is 7.06. The standard InChI is InChI=1S/C8H11NO/c1-4-6-7(5(2)3)8(10)9-6/h4,6-7H,1-2H2,3H3,(H,9,10)/t6-,7+/m0/s1. The zero-order chi connectivity index (χ0) is 7.72. The van der Waals surface area contributed by atoms with Gasteiger partial charge in [0.1, 0.15) is 0 Å². The molecule has 54 valence electrons. The number of nitrogens with one attached hydrogen (secondary N) is 1. The van der Waals surface area contributed by atoms with Crippen molar-refractivity contribution in [2.24, 2.45) is 5.92 Å². The van der Waals surface area contributed by atoms with E-state index in [-0.39, 0.29) is 17.9 Å². The van der Waals surface area contributed by atoms with Crippen molar-refractivity contribution in [3.63, 3.8) is 0 Å². The monoisotopic (exact) mass is 137 g/mol. The van der Waals surface area contributed by atoms with Gasteiger partial charge in [-0.05, 0) is 6.92 Å². The Morgan fingerprint density at radius 3 is 2.60 bits per heavy atom.